The summed E-state index contributed by atoms with van der Waals surface area (Å²) in [5.41, 5.74) is 4.70. The third-order valence-corrected chi connectivity index (χ3v) is 5.30. The third kappa shape index (κ3) is 1.96. The fourth-order valence-electron chi connectivity index (χ4n) is 4.29. The molecule has 3 aromatic heterocycles. The lowest BCUT2D eigenvalue weighted by molar-refractivity contribution is 0.152. The third-order valence-electron chi connectivity index (χ3n) is 5.30. The summed E-state index contributed by atoms with van der Waals surface area (Å²) >= 11 is 0. The van der Waals surface area contributed by atoms with Crippen molar-refractivity contribution in [3.63, 3.8) is 0 Å². The minimum Gasteiger partial charge on any atom is -0.465 e. The van der Waals surface area contributed by atoms with Gasteiger partial charge in [-0.15, -0.1) is 0 Å². The zero-order valence-electron chi connectivity index (χ0n) is 13.5. The first-order valence-corrected chi connectivity index (χ1v) is 8.34. The predicted molar refractivity (Wildman–Crippen MR) is 86.2 cm³/mol. The van der Waals surface area contributed by atoms with E-state index in [1.807, 2.05) is 19.9 Å². The number of rotatable bonds is 2. The van der Waals surface area contributed by atoms with Gasteiger partial charge in [0.2, 0.25) is 0 Å². The van der Waals surface area contributed by atoms with E-state index in [1.165, 1.54) is 24.1 Å². The van der Waals surface area contributed by atoms with E-state index in [0.717, 1.165) is 35.8 Å². The molecule has 0 aromatic carbocycles. The monoisotopic (exact) mass is 308 g/mol. The van der Waals surface area contributed by atoms with Crippen LogP contribution in [0.2, 0.25) is 0 Å². The van der Waals surface area contributed by atoms with Gasteiger partial charge in [0, 0.05) is 36.3 Å². The van der Waals surface area contributed by atoms with Gasteiger partial charge in [0.1, 0.15) is 11.5 Å². The Bertz CT molecular complexity index is 894. The second-order valence-corrected chi connectivity index (χ2v) is 6.85. The van der Waals surface area contributed by atoms with Crippen molar-refractivity contribution in [2.24, 2.45) is 0 Å². The van der Waals surface area contributed by atoms with Crippen molar-refractivity contribution in [3.8, 4) is 0 Å². The van der Waals surface area contributed by atoms with Crippen LogP contribution in [0, 0.1) is 13.8 Å². The standard InChI is InChI=1S/C18H20N4O/c1-11-7-18-19-9-15-16-6-4-13(8-17(15)22(18)20-11)21(16)10-14-5-3-12(2)23-14/h3,5,7,9,13,16H,4,6,8,10H2,1-2H3. The first kappa shape index (κ1) is 13.3. The molecule has 2 unspecified atom stereocenters. The molecule has 0 saturated carbocycles. The molecule has 0 radical (unpaired) electrons. The van der Waals surface area contributed by atoms with E-state index in [9.17, 15) is 0 Å². The lowest BCUT2D eigenvalue weighted by Crippen LogP contribution is -2.38. The van der Waals surface area contributed by atoms with Gasteiger partial charge in [-0.25, -0.2) is 9.50 Å². The minimum atomic E-state index is 0.440. The molecule has 5 rings (SSSR count). The average molecular weight is 308 g/mol. The van der Waals surface area contributed by atoms with Gasteiger partial charge in [-0.3, -0.25) is 4.90 Å². The van der Waals surface area contributed by atoms with Crippen molar-refractivity contribution in [2.45, 2.75) is 51.7 Å². The average Bonchev–Trinajstić information content (AvgIpc) is 3.17. The Morgan fingerprint density at radius 2 is 2.17 bits per heavy atom. The first-order chi connectivity index (χ1) is 11.2. The van der Waals surface area contributed by atoms with Gasteiger partial charge in [-0.05, 0) is 38.8 Å². The lowest BCUT2D eigenvalue weighted by atomic mass is 9.99. The minimum absolute atomic E-state index is 0.440. The molecule has 1 fully saturated rings. The zero-order valence-corrected chi connectivity index (χ0v) is 13.5. The second kappa shape index (κ2) is 4.68. The Labute approximate surface area is 134 Å². The Morgan fingerprint density at radius 3 is 3.00 bits per heavy atom. The van der Waals surface area contributed by atoms with Crippen LogP contribution in [-0.4, -0.2) is 25.5 Å². The van der Waals surface area contributed by atoms with Gasteiger partial charge in [-0.2, -0.15) is 5.10 Å². The Kier molecular flexibility index (Phi) is 2.71. The number of hydrogen-bond donors (Lipinski definition) is 0. The maximum absolute atomic E-state index is 5.80. The molecule has 0 amide bonds. The molecular formula is C18H20N4O. The lowest BCUT2D eigenvalue weighted by Gasteiger charge is -2.35. The summed E-state index contributed by atoms with van der Waals surface area (Å²) in [7, 11) is 0. The molecule has 5 nitrogen and oxygen atoms in total. The van der Waals surface area contributed by atoms with Crippen LogP contribution in [0.5, 0.6) is 0 Å². The SMILES string of the molecule is Cc1cc2ncc3c(n2n1)CC1CCC3N1Cc1ccc(C)o1. The summed E-state index contributed by atoms with van der Waals surface area (Å²) in [6.07, 6.45) is 5.55. The number of hydrogen-bond acceptors (Lipinski definition) is 4. The van der Waals surface area contributed by atoms with Gasteiger partial charge >= 0.3 is 0 Å². The second-order valence-electron chi connectivity index (χ2n) is 6.85. The molecule has 1 saturated heterocycles. The van der Waals surface area contributed by atoms with Crippen LogP contribution in [0.15, 0.2) is 28.8 Å². The topological polar surface area (TPSA) is 46.6 Å². The van der Waals surface area contributed by atoms with Gasteiger partial charge in [0.15, 0.2) is 5.65 Å². The van der Waals surface area contributed by atoms with Crippen LogP contribution >= 0.6 is 0 Å². The summed E-state index contributed by atoms with van der Waals surface area (Å²) in [5.74, 6) is 2.05. The molecule has 0 spiro atoms. The Hall–Kier alpha value is -2.14. The van der Waals surface area contributed by atoms with E-state index in [2.05, 4.69) is 37.8 Å². The number of furan rings is 1. The molecule has 2 atom stereocenters. The molecule has 2 bridgehead atoms. The maximum Gasteiger partial charge on any atom is 0.155 e. The highest BCUT2D eigenvalue weighted by Gasteiger charge is 2.41. The summed E-state index contributed by atoms with van der Waals surface area (Å²) in [6.45, 7) is 4.92. The van der Waals surface area contributed by atoms with Crippen molar-refractivity contribution in [1.82, 2.24) is 19.5 Å². The van der Waals surface area contributed by atoms with Crippen LogP contribution in [-0.2, 0) is 13.0 Å². The molecule has 0 N–H and O–H groups in total. The molecule has 23 heavy (non-hydrogen) atoms. The number of nitrogens with zero attached hydrogens (tertiary/aromatic N) is 4. The van der Waals surface area contributed by atoms with E-state index in [0.29, 0.717) is 12.1 Å². The van der Waals surface area contributed by atoms with Crippen molar-refractivity contribution < 1.29 is 4.42 Å². The van der Waals surface area contributed by atoms with Crippen LogP contribution in [0.3, 0.4) is 0 Å². The van der Waals surface area contributed by atoms with Gasteiger partial charge in [0.25, 0.3) is 0 Å². The van der Waals surface area contributed by atoms with E-state index >= 15 is 0 Å². The van der Waals surface area contributed by atoms with E-state index < -0.39 is 0 Å². The quantitative estimate of drug-likeness (QED) is 0.729. The predicted octanol–water partition coefficient (Wildman–Crippen LogP) is 3.20. The summed E-state index contributed by atoms with van der Waals surface area (Å²) in [5, 5.41) is 4.65. The fraction of sp³-hybridized carbons (Fsp3) is 0.444. The highest BCUT2D eigenvalue weighted by atomic mass is 16.3. The van der Waals surface area contributed by atoms with E-state index in [4.69, 9.17) is 4.42 Å². The largest absolute Gasteiger partial charge is 0.465 e. The van der Waals surface area contributed by atoms with Crippen LogP contribution in [0.25, 0.3) is 5.65 Å². The molecule has 2 aliphatic heterocycles. The van der Waals surface area contributed by atoms with Crippen LogP contribution in [0.4, 0.5) is 0 Å². The number of aromatic nitrogens is 3. The number of aryl methyl sites for hydroxylation is 2. The zero-order chi connectivity index (χ0) is 15.6. The summed E-state index contributed by atoms with van der Waals surface area (Å²) < 4.78 is 7.86. The summed E-state index contributed by atoms with van der Waals surface area (Å²) in [4.78, 5) is 7.22. The molecule has 5 heteroatoms. The van der Waals surface area contributed by atoms with Crippen LogP contribution in [0.1, 0.15) is 47.4 Å². The van der Waals surface area contributed by atoms with E-state index in [-0.39, 0.29) is 0 Å². The van der Waals surface area contributed by atoms with Crippen molar-refractivity contribution in [2.75, 3.05) is 0 Å². The smallest absolute Gasteiger partial charge is 0.155 e. The summed E-state index contributed by atoms with van der Waals surface area (Å²) in [6, 6.07) is 7.22. The normalized spacial score (nSPS) is 23.6. The Balaban J connectivity index is 1.56. The highest BCUT2D eigenvalue weighted by Crippen LogP contribution is 2.44. The van der Waals surface area contributed by atoms with E-state index in [1.54, 1.807) is 0 Å². The molecule has 3 aromatic rings. The molecular weight excluding hydrogens is 288 g/mol. The fourth-order valence-corrected chi connectivity index (χ4v) is 4.29. The first-order valence-electron chi connectivity index (χ1n) is 8.34. The molecule has 2 aliphatic rings. The molecule has 5 heterocycles. The van der Waals surface area contributed by atoms with Crippen molar-refractivity contribution in [1.29, 1.82) is 0 Å². The maximum atomic E-state index is 5.80. The van der Waals surface area contributed by atoms with Crippen LogP contribution < -0.4 is 0 Å². The van der Waals surface area contributed by atoms with Gasteiger partial charge in [-0.1, -0.05) is 0 Å². The molecule has 0 aliphatic carbocycles. The van der Waals surface area contributed by atoms with Gasteiger partial charge < -0.3 is 4.42 Å². The van der Waals surface area contributed by atoms with Crippen molar-refractivity contribution in [3.05, 3.63) is 52.9 Å². The Morgan fingerprint density at radius 1 is 1.26 bits per heavy atom. The number of fused-ring (bicyclic) bond motifs is 6. The molecule has 118 valence electrons. The van der Waals surface area contributed by atoms with Crippen molar-refractivity contribution >= 4 is 5.65 Å². The highest BCUT2D eigenvalue weighted by molar-refractivity contribution is 5.44. The van der Waals surface area contributed by atoms with Gasteiger partial charge in [0.05, 0.1) is 17.9 Å².